The van der Waals surface area contributed by atoms with E-state index in [1.165, 1.54) is 6.08 Å². The molecule has 0 aliphatic rings. The van der Waals surface area contributed by atoms with Crippen LogP contribution in [0.5, 0.6) is 0 Å². The zero-order valence-corrected chi connectivity index (χ0v) is 12.2. The fourth-order valence-electron chi connectivity index (χ4n) is 2.15. The molecule has 0 fully saturated rings. The van der Waals surface area contributed by atoms with E-state index in [1.54, 1.807) is 19.1 Å². The van der Waals surface area contributed by atoms with Gasteiger partial charge in [0.05, 0.1) is 6.61 Å². The standard InChI is InChI=1S/C18H16O4/c1-2-22-18(21)12-10-14-8-7-13(9-11-17(19)20)15-5-3-4-6-16(14)15/h3-12H,2H2,1H3,(H,19,20). The van der Waals surface area contributed by atoms with Crippen LogP contribution in [0.4, 0.5) is 0 Å². The highest BCUT2D eigenvalue weighted by molar-refractivity contribution is 5.99. The smallest absolute Gasteiger partial charge is 0.330 e. The number of rotatable bonds is 5. The first-order chi connectivity index (χ1) is 10.6. The van der Waals surface area contributed by atoms with Crippen LogP contribution >= 0.6 is 0 Å². The summed E-state index contributed by atoms with van der Waals surface area (Å²) in [5.74, 6) is -1.38. The average molecular weight is 296 g/mol. The Hall–Kier alpha value is -2.88. The van der Waals surface area contributed by atoms with Crippen molar-refractivity contribution < 1.29 is 19.4 Å². The minimum Gasteiger partial charge on any atom is -0.478 e. The number of aliphatic carboxylic acids is 1. The molecule has 2 aromatic rings. The predicted molar refractivity (Wildman–Crippen MR) is 86.3 cm³/mol. The van der Waals surface area contributed by atoms with Crippen LogP contribution in [0.3, 0.4) is 0 Å². The fraction of sp³-hybridized carbons (Fsp3) is 0.111. The Morgan fingerprint density at radius 2 is 1.55 bits per heavy atom. The van der Waals surface area contributed by atoms with E-state index in [0.717, 1.165) is 28.0 Å². The van der Waals surface area contributed by atoms with Gasteiger partial charge < -0.3 is 9.84 Å². The first-order valence-electron chi connectivity index (χ1n) is 6.89. The molecule has 112 valence electrons. The maximum absolute atomic E-state index is 11.4. The summed E-state index contributed by atoms with van der Waals surface area (Å²) in [5.41, 5.74) is 1.68. The topological polar surface area (TPSA) is 63.6 Å². The molecule has 2 rings (SSSR count). The van der Waals surface area contributed by atoms with Crippen LogP contribution in [0, 0.1) is 0 Å². The van der Waals surface area contributed by atoms with Crippen molar-refractivity contribution in [1.82, 2.24) is 0 Å². The molecular weight excluding hydrogens is 280 g/mol. The molecule has 4 heteroatoms. The van der Waals surface area contributed by atoms with E-state index in [9.17, 15) is 9.59 Å². The summed E-state index contributed by atoms with van der Waals surface area (Å²) in [5, 5.41) is 10.6. The first kappa shape index (κ1) is 15.5. The maximum atomic E-state index is 11.4. The Balaban J connectivity index is 2.44. The minimum absolute atomic E-state index is 0.336. The molecular formula is C18H16O4. The number of carboxylic acids is 1. The van der Waals surface area contributed by atoms with Gasteiger partial charge >= 0.3 is 11.9 Å². The lowest BCUT2D eigenvalue weighted by Gasteiger charge is -2.06. The molecule has 0 unspecified atom stereocenters. The lowest BCUT2D eigenvalue weighted by molar-refractivity contribution is -0.137. The Kier molecular flexibility index (Phi) is 5.09. The highest BCUT2D eigenvalue weighted by Crippen LogP contribution is 2.25. The van der Waals surface area contributed by atoms with Gasteiger partial charge in [0, 0.05) is 12.2 Å². The van der Waals surface area contributed by atoms with E-state index in [0.29, 0.717) is 6.61 Å². The van der Waals surface area contributed by atoms with Gasteiger partial charge in [-0.25, -0.2) is 9.59 Å². The van der Waals surface area contributed by atoms with E-state index < -0.39 is 5.97 Å². The maximum Gasteiger partial charge on any atom is 0.330 e. The fourth-order valence-corrected chi connectivity index (χ4v) is 2.15. The molecule has 4 nitrogen and oxygen atoms in total. The largest absolute Gasteiger partial charge is 0.478 e. The third-order valence-electron chi connectivity index (χ3n) is 3.08. The molecule has 0 saturated carbocycles. The highest BCUT2D eigenvalue weighted by Gasteiger charge is 2.03. The van der Waals surface area contributed by atoms with Gasteiger partial charge in [-0.1, -0.05) is 36.4 Å². The molecule has 0 heterocycles. The molecule has 0 aromatic heterocycles. The number of fused-ring (bicyclic) bond motifs is 1. The molecule has 0 saturated heterocycles. The molecule has 2 aromatic carbocycles. The number of carboxylic acid groups (broad SMARTS) is 1. The van der Waals surface area contributed by atoms with Crippen molar-refractivity contribution >= 4 is 34.9 Å². The number of hydrogen-bond acceptors (Lipinski definition) is 3. The molecule has 0 aliphatic heterocycles. The van der Waals surface area contributed by atoms with Gasteiger partial charge in [-0.15, -0.1) is 0 Å². The summed E-state index contributed by atoms with van der Waals surface area (Å²) in [6.07, 6.45) is 5.75. The van der Waals surface area contributed by atoms with Crippen LogP contribution in [0.25, 0.3) is 22.9 Å². The quantitative estimate of drug-likeness (QED) is 0.677. The lowest BCUT2D eigenvalue weighted by atomic mass is 9.99. The van der Waals surface area contributed by atoms with E-state index in [2.05, 4.69) is 0 Å². The van der Waals surface area contributed by atoms with Crippen LogP contribution in [-0.2, 0) is 14.3 Å². The highest BCUT2D eigenvalue weighted by atomic mass is 16.5. The van der Waals surface area contributed by atoms with Crippen LogP contribution in [0.15, 0.2) is 48.6 Å². The second-order valence-electron chi connectivity index (χ2n) is 4.55. The Bertz CT molecular complexity index is 757. The number of hydrogen-bond donors (Lipinski definition) is 1. The van der Waals surface area contributed by atoms with E-state index in [-0.39, 0.29) is 5.97 Å². The van der Waals surface area contributed by atoms with Gasteiger partial charge in [0.1, 0.15) is 0 Å². The SMILES string of the molecule is CCOC(=O)C=Cc1ccc(C=CC(=O)O)c2ccccc12. The van der Waals surface area contributed by atoms with Crippen molar-refractivity contribution in [3.8, 4) is 0 Å². The zero-order chi connectivity index (χ0) is 15.9. The third-order valence-corrected chi connectivity index (χ3v) is 3.08. The average Bonchev–Trinajstić information content (AvgIpc) is 2.51. The first-order valence-corrected chi connectivity index (χ1v) is 6.89. The number of carbonyl (C=O) groups is 2. The molecule has 0 bridgehead atoms. The summed E-state index contributed by atoms with van der Waals surface area (Å²) < 4.78 is 4.86. The monoisotopic (exact) mass is 296 g/mol. The van der Waals surface area contributed by atoms with Crippen molar-refractivity contribution in [3.63, 3.8) is 0 Å². The number of esters is 1. The van der Waals surface area contributed by atoms with Crippen molar-refractivity contribution in [1.29, 1.82) is 0 Å². The second kappa shape index (κ2) is 7.22. The number of carbonyl (C=O) groups excluding carboxylic acids is 1. The van der Waals surface area contributed by atoms with Crippen LogP contribution in [-0.4, -0.2) is 23.7 Å². The summed E-state index contributed by atoms with van der Waals surface area (Å²) in [6, 6.07) is 11.3. The van der Waals surface area contributed by atoms with Gasteiger partial charge in [-0.3, -0.25) is 0 Å². The van der Waals surface area contributed by atoms with Gasteiger partial charge in [-0.05, 0) is 41.0 Å². The van der Waals surface area contributed by atoms with Gasteiger partial charge in [0.2, 0.25) is 0 Å². The molecule has 0 spiro atoms. The number of ether oxygens (including phenoxy) is 1. The van der Waals surface area contributed by atoms with Crippen LogP contribution < -0.4 is 0 Å². The molecule has 1 N–H and O–H groups in total. The Morgan fingerprint density at radius 1 is 1.00 bits per heavy atom. The lowest BCUT2D eigenvalue weighted by Crippen LogP contribution is -1.98. The zero-order valence-electron chi connectivity index (χ0n) is 12.2. The van der Waals surface area contributed by atoms with Crippen molar-refractivity contribution in [2.75, 3.05) is 6.61 Å². The van der Waals surface area contributed by atoms with Gasteiger partial charge in [0.25, 0.3) is 0 Å². The molecule has 0 amide bonds. The number of benzene rings is 2. The summed E-state index contributed by atoms with van der Waals surface area (Å²) >= 11 is 0. The molecule has 0 aliphatic carbocycles. The molecule has 0 atom stereocenters. The van der Waals surface area contributed by atoms with Gasteiger partial charge in [-0.2, -0.15) is 0 Å². The van der Waals surface area contributed by atoms with Crippen molar-refractivity contribution in [2.45, 2.75) is 6.92 Å². The molecule has 0 radical (unpaired) electrons. The summed E-state index contributed by atoms with van der Waals surface area (Å²) in [4.78, 5) is 22.1. The minimum atomic E-state index is -0.990. The predicted octanol–water partition coefficient (Wildman–Crippen LogP) is 3.51. The Morgan fingerprint density at radius 3 is 2.05 bits per heavy atom. The molecule has 22 heavy (non-hydrogen) atoms. The summed E-state index contributed by atoms with van der Waals surface area (Å²) in [6.45, 7) is 2.09. The van der Waals surface area contributed by atoms with E-state index in [4.69, 9.17) is 9.84 Å². The van der Waals surface area contributed by atoms with E-state index >= 15 is 0 Å². The van der Waals surface area contributed by atoms with Crippen molar-refractivity contribution in [2.24, 2.45) is 0 Å². The normalized spacial score (nSPS) is 11.3. The van der Waals surface area contributed by atoms with E-state index in [1.807, 2.05) is 36.4 Å². The van der Waals surface area contributed by atoms with Crippen LogP contribution in [0.2, 0.25) is 0 Å². The van der Waals surface area contributed by atoms with Crippen molar-refractivity contribution in [3.05, 3.63) is 59.7 Å². The Labute approximate surface area is 128 Å². The second-order valence-corrected chi connectivity index (χ2v) is 4.55. The van der Waals surface area contributed by atoms with Gasteiger partial charge in [0.15, 0.2) is 0 Å². The summed E-state index contributed by atoms with van der Waals surface area (Å²) in [7, 11) is 0. The van der Waals surface area contributed by atoms with Crippen LogP contribution in [0.1, 0.15) is 18.1 Å². The third kappa shape index (κ3) is 3.82.